The molecule has 19 heavy (non-hydrogen) atoms. The average Bonchev–Trinajstić information content (AvgIpc) is 2.80. The van der Waals surface area contributed by atoms with Gasteiger partial charge >= 0.3 is 0 Å². The van der Waals surface area contributed by atoms with Crippen LogP contribution in [0.2, 0.25) is 0 Å². The van der Waals surface area contributed by atoms with E-state index in [1.165, 1.54) is 0 Å². The number of carbonyl (C=O) groups excluding carboxylic acids is 1. The highest BCUT2D eigenvalue weighted by molar-refractivity contribution is 7.80. The van der Waals surface area contributed by atoms with E-state index in [2.05, 4.69) is 12.6 Å². The number of thiol groups is 1. The highest BCUT2D eigenvalue weighted by Crippen LogP contribution is 2.26. The van der Waals surface area contributed by atoms with Gasteiger partial charge in [0.25, 0.3) is 0 Å². The first kappa shape index (κ1) is 14.1. The molecule has 1 heterocycles. The summed E-state index contributed by atoms with van der Waals surface area (Å²) >= 11 is 4.24. The third-order valence-electron chi connectivity index (χ3n) is 3.24. The molecular weight excluding hydrogens is 262 g/mol. The van der Waals surface area contributed by atoms with Crippen LogP contribution in [0.1, 0.15) is 6.42 Å². The van der Waals surface area contributed by atoms with Crippen molar-refractivity contribution in [1.29, 1.82) is 0 Å². The molecule has 0 bridgehead atoms. The molecular formula is C14H19NO3S. The van der Waals surface area contributed by atoms with Gasteiger partial charge in [-0.2, -0.15) is 12.6 Å². The standard InChI is InChI=1S/C14H19NO3S/c1-17-12-4-2-3-5-13(12)18-7-6-15-9-11(10-19)8-14(15)16/h2-5,11,19H,6-10H2,1H3. The summed E-state index contributed by atoms with van der Waals surface area (Å²) in [5.41, 5.74) is 0. The minimum atomic E-state index is 0.197. The molecule has 4 nitrogen and oxygen atoms in total. The molecule has 0 spiro atoms. The Kier molecular flexibility index (Phi) is 4.96. The predicted molar refractivity (Wildman–Crippen MR) is 77.0 cm³/mol. The van der Waals surface area contributed by atoms with E-state index < -0.39 is 0 Å². The van der Waals surface area contributed by atoms with Crippen LogP contribution in [0.5, 0.6) is 11.5 Å². The van der Waals surface area contributed by atoms with Gasteiger partial charge in [-0.15, -0.1) is 0 Å². The quantitative estimate of drug-likeness (QED) is 0.809. The molecule has 1 aromatic carbocycles. The van der Waals surface area contributed by atoms with E-state index in [-0.39, 0.29) is 5.91 Å². The van der Waals surface area contributed by atoms with Gasteiger partial charge in [0.15, 0.2) is 11.5 Å². The number of carbonyl (C=O) groups is 1. The van der Waals surface area contributed by atoms with Crippen molar-refractivity contribution in [1.82, 2.24) is 4.90 Å². The van der Waals surface area contributed by atoms with Crippen LogP contribution in [0.4, 0.5) is 0 Å². The predicted octanol–water partition coefficient (Wildman–Crippen LogP) is 1.85. The molecule has 2 rings (SSSR count). The Labute approximate surface area is 119 Å². The lowest BCUT2D eigenvalue weighted by atomic mass is 10.1. The van der Waals surface area contributed by atoms with Crippen LogP contribution in [-0.2, 0) is 4.79 Å². The maximum atomic E-state index is 11.7. The molecule has 1 atom stereocenters. The Hall–Kier alpha value is -1.36. The summed E-state index contributed by atoms with van der Waals surface area (Å²) in [5, 5.41) is 0. The second-order valence-electron chi connectivity index (χ2n) is 4.59. The molecule has 1 aliphatic heterocycles. The van der Waals surface area contributed by atoms with Crippen LogP contribution >= 0.6 is 12.6 Å². The summed E-state index contributed by atoms with van der Waals surface area (Å²) < 4.78 is 10.9. The van der Waals surface area contributed by atoms with Crippen LogP contribution in [0.25, 0.3) is 0 Å². The Morgan fingerprint density at radius 3 is 2.74 bits per heavy atom. The van der Waals surface area contributed by atoms with E-state index in [0.717, 1.165) is 12.3 Å². The summed E-state index contributed by atoms with van der Waals surface area (Å²) in [6.45, 7) is 1.88. The first-order valence-corrected chi connectivity index (χ1v) is 7.02. The molecule has 1 unspecified atom stereocenters. The third-order valence-corrected chi connectivity index (χ3v) is 3.76. The van der Waals surface area contributed by atoms with Gasteiger partial charge in [-0.25, -0.2) is 0 Å². The van der Waals surface area contributed by atoms with Crippen molar-refractivity contribution >= 4 is 18.5 Å². The zero-order valence-electron chi connectivity index (χ0n) is 11.0. The number of nitrogens with zero attached hydrogens (tertiary/aromatic N) is 1. The normalized spacial score (nSPS) is 18.7. The Bertz CT molecular complexity index is 438. The molecule has 1 saturated heterocycles. The minimum absolute atomic E-state index is 0.197. The summed E-state index contributed by atoms with van der Waals surface area (Å²) in [7, 11) is 1.61. The van der Waals surface area contributed by atoms with Crippen molar-refractivity contribution in [3.05, 3.63) is 24.3 Å². The van der Waals surface area contributed by atoms with E-state index in [0.29, 0.717) is 37.0 Å². The van der Waals surface area contributed by atoms with Crippen molar-refractivity contribution < 1.29 is 14.3 Å². The fourth-order valence-electron chi connectivity index (χ4n) is 2.20. The number of rotatable bonds is 6. The molecule has 0 saturated carbocycles. The molecule has 1 amide bonds. The number of benzene rings is 1. The molecule has 0 radical (unpaired) electrons. The maximum Gasteiger partial charge on any atom is 0.223 e. The first-order chi connectivity index (χ1) is 9.24. The highest BCUT2D eigenvalue weighted by Gasteiger charge is 2.28. The molecule has 104 valence electrons. The SMILES string of the molecule is COc1ccccc1OCCN1CC(CS)CC1=O. The largest absolute Gasteiger partial charge is 0.493 e. The van der Waals surface area contributed by atoms with Crippen LogP contribution in [0, 0.1) is 5.92 Å². The van der Waals surface area contributed by atoms with E-state index >= 15 is 0 Å². The molecule has 0 aromatic heterocycles. The summed E-state index contributed by atoms with van der Waals surface area (Å²) in [6, 6.07) is 7.51. The van der Waals surface area contributed by atoms with Gasteiger partial charge in [0, 0.05) is 13.0 Å². The topological polar surface area (TPSA) is 38.8 Å². The Morgan fingerprint density at radius 1 is 1.37 bits per heavy atom. The lowest BCUT2D eigenvalue weighted by Gasteiger charge is -2.17. The fraction of sp³-hybridized carbons (Fsp3) is 0.500. The van der Waals surface area contributed by atoms with Gasteiger partial charge in [-0.3, -0.25) is 4.79 Å². The van der Waals surface area contributed by atoms with Crippen LogP contribution < -0.4 is 9.47 Å². The van der Waals surface area contributed by atoms with Crippen LogP contribution in [0.15, 0.2) is 24.3 Å². The average molecular weight is 281 g/mol. The van der Waals surface area contributed by atoms with Gasteiger partial charge in [0.05, 0.1) is 13.7 Å². The van der Waals surface area contributed by atoms with E-state index in [4.69, 9.17) is 9.47 Å². The van der Waals surface area contributed by atoms with Gasteiger partial charge in [-0.1, -0.05) is 12.1 Å². The Morgan fingerprint density at radius 2 is 2.11 bits per heavy atom. The number of methoxy groups -OCH3 is 1. The van der Waals surface area contributed by atoms with Gasteiger partial charge in [0.1, 0.15) is 6.61 Å². The number of ether oxygens (including phenoxy) is 2. The number of hydrogen-bond acceptors (Lipinski definition) is 4. The summed E-state index contributed by atoms with van der Waals surface area (Å²) in [5.74, 6) is 2.76. The summed E-state index contributed by atoms with van der Waals surface area (Å²) in [6.07, 6.45) is 0.609. The highest BCUT2D eigenvalue weighted by atomic mass is 32.1. The monoisotopic (exact) mass is 281 g/mol. The lowest BCUT2D eigenvalue weighted by molar-refractivity contribution is -0.128. The zero-order valence-corrected chi connectivity index (χ0v) is 11.9. The lowest BCUT2D eigenvalue weighted by Crippen LogP contribution is -2.30. The van der Waals surface area contributed by atoms with Crippen LogP contribution in [-0.4, -0.2) is 43.4 Å². The maximum absolute atomic E-state index is 11.7. The van der Waals surface area contributed by atoms with E-state index in [1.54, 1.807) is 7.11 Å². The zero-order chi connectivity index (χ0) is 13.7. The smallest absolute Gasteiger partial charge is 0.223 e. The number of likely N-dealkylation sites (tertiary alicyclic amines) is 1. The Balaban J connectivity index is 1.82. The molecule has 1 aliphatic rings. The second-order valence-corrected chi connectivity index (χ2v) is 4.96. The fourth-order valence-corrected chi connectivity index (χ4v) is 2.44. The van der Waals surface area contributed by atoms with Gasteiger partial charge < -0.3 is 14.4 Å². The first-order valence-electron chi connectivity index (χ1n) is 6.39. The van der Waals surface area contributed by atoms with Gasteiger partial charge in [0.2, 0.25) is 5.91 Å². The molecule has 0 N–H and O–H groups in total. The molecule has 5 heteroatoms. The van der Waals surface area contributed by atoms with Crippen molar-refractivity contribution in [2.24, 2.45) is 5.92 Å². The number of hydrogen-bond donors (Lipinski definition) is 1. The number of amides is 1. The molecule has 1 aromatic rings. The minimum Gasteiger partial charge on any atom is -0.493 e. The molecule has 0 aliphatic carbocycles. The van der Waals surface area contributed by atoms with E-state index in [1.807, 2.05) is 29.2 Å². The van der Waals surface area contributed by atoms with Crippen LogP contribution in [0.3, 0.4) is 0 Å². The number of para-hydroxylation sites is 2. The van der Waals surface area contributed by atoms with Gasteiger partial charge in [-0.05, 0) is 23.8 Å². The molecule has 1 fully saturated rings. The summed E-state index contributed by atoms with van der Waals surface area (Å²) in [4.78, 5) is 13.6. The third kappa shape index (κ3) is 3.56. The van der Waals surface area contributed by atoms with Crippen molar-refractivity contribution in [2.75, 3.05) is 32.6 Å². The van der Waals surface area contributed by atoms with Crippen molar-refractivity contribution in [3.63, 3.8) is 0 Å². The van der Waals surface area contributed by atoms with E-state index in [9.17, 15) is 4.79 Å². The van der Waals surface area contributed by atoms with Crippen molar-refractivity contribution in [3.8, 4) is 11.5 Å². The second kappa shape index (κ2) is 6.70. The van der Waals surface area contributed by atoms with Crippen molar-refractivity contribution in [2.45, 2.75) is 6.42 Å².